The van der Waals surface area contributed by atoms with E-state index in [4.69, 9.17) is 21.4 Å². The Labute approximate surface area is 221 Å². The number of anilines is 1. The fourth-order valence-corrected chi connectivity index (χ4v) is 6.46. The van der Waals surface area contributed by atoms with Crippen molar-refractivity contribution >= 4 is 44.9 Å². The van der Waals surface area contributed by atoms with E-state index < -0.39 is 27.9 Å². The molecule has 6 nitrogen and oxygen atoms in total. The lowest BCUT2D eigenvalue weighted by atomic mass is 9.99. The Morgan fingerprint density at radius 2 is 1.92 bits per heavy atom. The third-order valence-corrected chi connectivity index (χ3v) is 8.41. The van der Waals surface area contributed by atoms with E-state index in [0.717, 1.165) is 5.56 Å². The largest absolute Gasteiger partial charge is 0.486 e. The lowest BCUT2D eigenvalue weighted by molar-refractivity contribution is -0.137. The highest BCUT2D eigenvalue weighted by Crippen LogP contribution is 2.42. The minimum Gasteiger partial charge on any atom is -0.486 e. The Hall–Kier alpha value is -3.36. The van der Waals surface area contributed by atoms with Crippen molar-refractivity contribution in [1.82, 2.24) is 0 Å². The van der Waals surface area contributed by atoms with Gasteiger partial charge in [0.15, 0.2) is 0 Å². The number of halogens is 2. The molecule has 194 valence electrons. The van der Waals surface area contributed by atoms with Crippen LogP contribution in [-0.4, -0.2) is 32.1 Å². The lowest BCUT2D eigenvalue weighted by Crippen LogP contribution is -2.44. The number of benzene rings is 3. The predicted molar refractivity (Wildman–Crippen MR) is 143 cm³/mol. The summed E-state index contributed by atoms with van der Waals surface area (Å²) in [6.07, 6.45) is 1.12. The van der Waals surface area contributed by atoms with Gasteiger partial charge < -0.3 is 9.84 Å². The minimum absolute atomic E-state index is 0.0390. The smallest absolute Gasteiger partial charge is 0.303 e. The van der Waals surface area contributed by atoms with E-state index >= 15 is 0 Å². The van der Waals surface area contributed by atoms with Crippen molar-refractivity contribution in [2.75, 3.05) is 10.8 Å². The van der Waals surface area contributed by atoms with Gasteiger partial charge in [0, 0.05) is 12.0 Å². The number of carboxylic acids is 1. The highest BCUT2D eigenvalue weighted by atomic mass is 35.5. The number of hydrogen-bond donors (Lipinski definition) is 1. The summed E-state index contributed by atoms with van der Waals surface area (Å²) < 4.78 is 49.6. The number of sulfonamides is 1. The number of aliphatic carboxylic acids is 1. The molecule has 4 rings (SSSR count). The molecule has 37 heavy (non-hydrogen) atoms. The molecule has 0 aromatic heterocycles. The maximum atomic E-state index is 14.5. The number of carbonyl (C=O) groups is 1. The van der Waals surface area contributed by atoms with Gasteiger partial charge in [-0.25, -0.2) is 12.8 Å². The average molecular weight is 544 g/mol. The average Bonchev–Trinajstić information content (AvgIpc) is 2.84. The summed E-state index contributed by atoms with van der Waals surface area (Å²) in [5.41, 5.74) is 3.31. The zero-order chi connectivity index (χ0) is 26.9. The molecule has 1 heterocycles. The summed E-state index contributed by atoms with van der Waals surface area (Å²) in [4.78, 5) is 11.3. The van der Waals surface area contributed by atoms with Crippen LogP contribution in [0, 0.1) is 19.7 Å². The molecule has 9 heteroatoms. The SMILES string of the molecule is C/C(=C\c1ccc2c(c1C)N(S(=O)(=O)c1cccc(C)c1)C[C@H](CCC(=O)O)O2)c1c(F)cccc1Cl. The molecule has 0 aliphatic carbocycles. The van der Waals surface area contributed by atoms with Crippen molar-refractivity contribution < 1.29 is 27.4 Å². The zero-order valence-corrected chi connectivity index (χ0v) is 22.2. The molecule has 1 N–H and O–H groups in total. The van der Waals surface area contributed by atoms with Crippen LogP contribution in [0.25, 0.3) is 11.6 Å². The normalized spacial score (nSPS) is 15.8. The Morgan fingerprint density at radius 3 is 2.59 bits per heavy atom. The Morgan fingerprint density at radius 1 is 1.19 bits per heavy atom. The van der Waals surface area contributed by atoms with Crippen LogP contribution in [-0.2, 0) is 14.8 Å². The molecule has 0 amide bonds. The summed E-state index contributed by atoms with van der Waals surface area (Å²) in [5.74, 6) is -1.10. The van der Waals surface area contributed by atoms with Crippen molar-refractivity contribution in [2.24, 2.45) is 0 Å². The van der Waals surface area contributed by atoms with E-state index in [2.05, 4.69) is 0 Å². The molecule has 0 radical (unpaired) electrons. The molecular formula is C28H27ClFNO5S. The van der Waals surface area contributed by atoms with Crippen LogP contribution < -0.4 is 9.04 Å². The molecule has 1 atom stereocenters. The number of allylic oxidation sites excluding steroid dienone is 1. The first-order chi connectivity index (χ1) is 17.5. The van der Waals surface area contributed by atoms with Gasteiger partial charge in [-0.15, -0.1) is 0 Å². The van der Waals surface area contributed by atoms with Gasteiger partial charge in [-0.05, 0) is 79.8 Å². The third-order valence-electron chi connectivity index (χ3n) is 6.34. The van der Waals surface area contributed by atoms with Crippen LogP contribution in [0.1, 0.15) is 42.0 Å². The number of ether oxygens (including phenoxy) is 1. The van der Waals surface area contributed by atoms with Crippen LogP contribution >= 0.6 is 11.6 Å². The molecule has 1 aliphatic heterocycles. The van der Waals surface area contributed by atoms with Crippen molar-refractivity contribution in [3.63, 3.8) is 0 Å². The van der Waals surface area contributed by atoms with Gasteiger partial charge in [0.1, 0.15) is 17.7 Å². The number of fused-ring (bicyclic) bond motifs is 1. The molecule has 0 fully saturated rings. The van der Waals surface area contributed by atoms with Crippen LogP contribution in [0.15, 0.2) is 59.5 Å². The second-order valence-corrected chi connectivity index (χ2v) is 11.3. The highest BCUT2D eigenvalue weighted by molar-refractivity contribution is 7.92. The van der Waals surface area contributed by atoms with Gasteiger partial charge in [-0.1, -0.05) is 41.9 Å². The molecule has 0 unspecified atom stereocenters. The van der Waals surface area contributed by atoms with Gasteiger partial charge in [-0.2, -0.15) is 0 Å². The van der Waals surface area contributed by atoms with Crippen molar-refractivity contribution in [1.29, 1.82) is 0 Å². The molecular weight excluding hydrogens is 517 g/mol. The van der Waals surface area contributed by atoms with Gasteiger partial charge >= 0.3 is 5.97 Å². The maximum Gasteiger partial charge on any atom is 0.303 e. The van der Waals surface area contributed by atoms with Crippen molar-refractivity contribution in [3.05, 3.63) is 87.7 Å². The standard InChI is InChI=1S/C28H27ClFNO5S/c1-17-6-4-7-22(14-17)37(34,35)31-16-21(11-13-26(32)33)36-25-12-10-20(19(3)28(25)31)15-18(2)27-23(29)8-5-9-24(27)30/h4-10,12,14-15,21H,11,13,16H2,1-3H3,(H,32,33)/b18-15+/t21-/m0/s1. The fraction of sp³-hybridized carbons (Fsp3) is 0.250. The number of aryl methyl sites for hydroxylation is 1. The summed E-state index contributed by atoms with van der Waals surface area (Å²) in [7, 11) is -4.00. The molecule has 1 aliphatic rings. The molecule has 3 aromatic rings. The van der Waals surface area contributed by atoms with Gasteiger partial charge in [0.05, 0.1) is 22.2 Å². The number of hydrogen-bond acceptors (Lipinski definition) is 4. The Bertz CT molecular complexity index is 1480. The summed E-state index contributed by atoms with van der Waals surface area (Å²) in [5, 5.41) is 9.42. The quantitative estimate of drug-likeness (QED) is 0.345. The number of rotatable bonds is 7. The van der Waals surface area contributed by atoms with Gasteiger partial charge in [-0.3, -0.25) is 9.10 Å². The van der Waals surface area contributed by atoms with E-state index in [0.29, 0.717) is 28.1 Å². The lowest BCUT2D eigenvalue weighted by Gasteiger charge is -2.37. The molecule has 0 saturated heterocycles. The van der Waals surface area contributed by atoms with Crippen LogP contribution in [0.3, 0.4) is 0 Å². The predicted octanol–water partition coefficient (Wildman–Crippen LogP) is 6.48. The minimum atomic E-state index is -4.00. The summed E-state index contributed by atoms with van der Waals surface area (Å²) in [6, 6.07) is 14.5. The topological polar surface area (TPSA) is 83.9 Å². The fourth-order valence-electron chi connectivity index (χ4n) is 4.48. The van der Waals surface area contributed by atoms with Crippen LogP contribution in [0.2, 0.25) is 5.02 Å². The third kappa shape index (κ3) is 5.50. The zero-order valence-electron chi connectivity index (χ0n) is 20.7. The van der Waals surface area contributed by atoms with E-state index in [1.54, 1.807) is 50.3 Å². The van der Waals surface area contributed by atoms with E-state index in [9.17, 15) is 17.6 Å². The van der Waals surface area contributed by atoms with E-state index in [-0.39, 0.29) is 34.9 Å². The maximum absolute atomic E-state index is 14.5. The first-order valence-electron chi connectivity index (χ1n) is 11.7. The number of nitrogens with zero attached hydrogens (tertiary/aromatic N) is 1. The van der Waals surface area contributed by atoms with Gasteiger partial charge in [0.25, 0.3) is 10.0 Å². The summed E-state index contributed by atoms with van der Waals surface area (Å²) >= 11 is 6.25. The van der Waals surface area contributed by atoms with Crippen molar-refractivity contribution in [2.45, 2.75) is 44.6 Å². The molecule has 3 aromatic carbocycles. The summed E-state index contributed by atoms with van der Waals surface area (Å²) in [6.45, 7) is 5.29. The number of carboxylic acid groups (broad SMARTS) is 1. The highest BCUT2D eigenvalue weighted by Gasteiger charge is 2.36. The van der Waals surface area contributed by atoms with Gasteiger partial charge in [0.2, 0.25) is 0 Å². The second-order valence-electron chi connectivity index (χ2n) is 9.08. The first kappa shape index (κ1) is 26.7. The molecule has 0 saturated carbocycles. The Balaban J connectivity index is 1.84. The Kier molecular flexibility index (Phi) is 7.62. The van der Waals surface area contributed by atoms with Crippen LogP contribution in [0.5, 0.6) is 5.75 Å². The molecule has 0 bridgehead atoms. The van der Waals surface area contributed by atoms with E-state index in [1.165, 1.54) is 22.5 Å². The van der Waals surface area contributed by atoms with E-state index in [1.807, 2.05) is 13.0 Å². The second kappa shape index (κ2) is 10.6. The van der Waals surface area contributed by atoms with Crippen molar-refractivity contribution in [3.8, 4) is 5.75 Å². The first-order valence-corrected chi connectivity index (χ1v) is 13.5. The van der Waals surface area contributed by atoms with Crippen LogP contribution in [0.4, 0.5) is 10.1 Å². The molecule has 0 spiro atoms. The monoisotopic (exact) mass is 543 g/mol.